The van der Waals surface area contributed by atoms with Gasteiger partial charge in [-0.05, 0) is 79.1 Å². The molecule has 0 aliphatic carbocycles. The third kappa shape index (κ3) is 7.45. The maximum absolute atomic E-state index is 5.97. The first-order valence-electron chi connectivity index (χ1n) is 11.2. The number of ether oxygens (including phenoxy) is 3. The fraction of sp³-hybridized carbons (Fsp3) is 0.357. The van der Waals surface area contributed by atoms with Crippen molar-refractivity contribution < 1.29 is 14.2 Å². The average Bonchev–Trinajstić information content (AvgIpc) is 2.78. The first kappa shape index (κ1) is 22.9. The molecule has 0 unspecified atom stereocenters. The number of rotatable bonds is 12. The third-order valence-electron chi connectivity index (χ3n) is 5.48. The van der Waals surface area contributed by atoms with Gasteiger partial charge in [-0.15, -0.1) is 0 Å². The van der Waals surface area contributed by atoms with E-state index in [-0.39, 0.29) is 5.41 Å². The largest absolute Gasteiger partial charge is 0.491 e. The predicted molar refractivity (Wildman–Crippen MR) is 127 cm³/mol. The lowest BCUT2D eigenvalue weighted by molar-refractivity contribution is 0.110. The minimum absolute atomic E-state index is 0.113. The SMILES string of the molecule is CCOCCOc1ccc(C(C)(C)CCCc2cccc(Oc3ccccc3)c2)cc1. The minimum Gasteiger partial charge on any atom is -0.491 e. The van der Waals surface area contributed by atoms with Gasteiger partial charge in [-0.25, -0.2) is 0 Å². The topological polar surface area (TPSA) is 27.7 Å². The highest BCUT2D eigenvalue weighted by Gasteiger charge is 2.20. The van der Waals surface area contributed by atoms with Crippen LogP contribution in [-0.2, 0) is 16.6 Å². The molecule has 3 heteroatoms. The molecule has 0 heterocycles. The molecule has 3 aromatic carbocycles. The fourth-order valence-electron chi connectivity index (χ4n) is 3.63. The van der Waals surface area contributed by atoms with Gasteiger partial charge in [-0.3, -0.25) is 0 Å². The van der Waals surface area contributed by atoms with Gasteiger partial charge in [0.2, 0.25) is 0 Å². The molecule has 0 amide bonds. The summed E-state index contributed by atoms with van der Waals surface area (Å²) in [6.07, 6.45) is 3.27. The molecule has 0 aliphatic heterocycles. The summed E-state index contributed by atoms with van der Waals surface area (Å²) >= 11 is 0. The first-order valence-corrected chi connectivity index (χ1v) is 11.2. The number of hydrogen-bond donors (Lipinski definition) is 0. The Bertz CT molecular complexity index is 901. The van der Waals surface area contributed by atoms with Crippen molar-refractivity contribution in [2.45, 2.75) is 45.4 Å². The first-order chi connectivity index (χ1) is 15.1. The van der Waals surface area contributed by atoms with Crippen molar-refractivity contribution in [2.24, 2.45) is 0 Å². The van der Waals surface area contributed by atoms with Crippen molar-refractivity contribution >= 4 is 0 Å². The van der Waals surface area contributed by atoms with Crippen LogP contribution in [0.15, 0.2) is 78.9 Å². The van der Waals surface area contributed by atoms with Crippen LogP contribution in [0.4, 0.5) is 0 Å². The molecule has 0 saturated heterocycles. The summed E-state index contributed by atoms with van der Waals surface area (Å²) in [5, 5.41) is 0. The molecule has 0 aliphatic rings. The van der Waals surface area contributed by atoms with Crippen LogP contribution >= 0.6 is 0 Å². The van der Waals surface area contributed by atoms with E-state index in [2.05, 4.69) is 56.3 Å². The standard InChI is InChI=1S/C28H34O3/c1-4-29-20-21-30-25-17-15-24(16-18-25)28(2,3)19-9-11-23-10-8-14-27(22-23)31-26-12-6-5-7-13-26/h5-8,10,12-18,22H,4,9,11,19-21H2,1-3H3. The fourth-order valence-corrected chi connectivity index (χ4v) is 3.63. The summed E-state index contributed by atoms with van der Waals surface area (Å²) in [6.45, 7) is 8.55. The molecular formula is C28H34O3. The second-order valence-electron chi connectivity index (χ2n) is 8.37. The highest BCUT2D eigenvalue weighted by atomic mass is 16.5. The van der Waals surface area contributed by atoms with Crippen LogP contribution in [0.25, 0.3) is 0 Å². The lowest BCUT2D eigenvalue weighted by Crippen LogP contribution is -2.17. The molecule has 0 N–H and O–H groups in total. The zero-order valence-corrected chi connectivity index (χ0v) is 19.0. The quantitative estimate of drug-likeness (QED) is 0.291. The Morgan fingerprint density at radius 1 is 0.742 bits per heavy atom. The molecule has 0 spiro atoms. The molecule has 0 saturated carbocycles. The van der Waals surface area contributed by atoms with Crippen molar-refractivity contribution in [2.75, 3.05) is 19.8 Å². The van der Waals surface area contributed by atoms with Crippen molar-refractivity contribution in [3.8, 4) is 17.2 Å². The molecule has 3 aromatic rings. The average molecular weight is 419 g/mol. The highest BCUT2D eigenvalue weighted by molar-refractivity contribution is 5.34. The van der Waals surface area contributed by atoms with Gasteiger partial charge in [0.15, 0.2) is 0 Å². The Morgan fingerprint density at radius 3 is 2.23 bits per heavy atom. The summed E-state index contributed by atoms with van der Waals surface area (Å²) in [7, 11) is 0. The van der Waals surface area contributed by atoms with Gasteiger partial charge in [0.05, 0.1) is 6.61 Å². The zero-order chi connectivity index (χ0) is 21.9. The smallest absolute Gasteiger partial charge is 0.127 e. The monoisotopic (exact) mass is 418 g/mol. The Labute approximate surface area is 187 Å². The van der Waals surface area contributed by atoms with Gasteiger partial charge >= 0.3 is 0 Å². The zero-order valence-electron chi connectivity index (χ0n) is 19.0. The van der Waals surface area contributed by atoms with Gasteiger partial charge in [-0.2, -0.15) is 0 Å². The van der Waals surface area contributed by atoms with Crippen molar-refractivity contribution in [3.63, 3.8) is 0 Å². The predicted octanol–water partition coefficient (Wildman–Crippen LogP) is 7.19. The summed E-state index contributed by atoms with van der Waals surface area (Å²) in [4.78, 5) is 0. The highest BCUT2D eigenvalue weighted by Crippen LogP contribution is 2.31. The molecule has 0 radical (unpaired) electrons. The number of para-hydroxylation sites is 1. The summed E-state index contributed by atoms with van der Waals surface area (Å²) in [6, 6.07) is 26.8. The van der Waals surface area contributed by atoms with E-state index < -0.39 is 0 Å². The van der Waals surface area contributed by atoms with E-state index in [0.717, 1.165) is 43.1 Å². The minimum atomic E-state index is 0.113. The lowest BCUT2D eigenvalue weighted by Gasteiger charge is -2.25. The van der Waals surface area contributed by atoms with Crippen LogP contribution in [0.5, 0.6) is 17.2 Å². The van der Waals surface area contributed by atoms with E-state index in [1.165, 1.54) is 11.1 Å². The van der Waals surface area contributed by atoms with Crippen LogP contribution in [0.3, 0.4) is 0 Å². The van der Waals surface area contributed by atoms with E-state index in [0.29, 0.717) is 13.2 Å². The van der Waals surface area contributed by atoms with E-state index >= 15 is 0 Å². The Kier molecular flexibility index (Phi) is 8.54. The van der Waals surface area contributed by atoms with Crippen LogP contribution in [0.2, 0.25) is 0 Å². The van der Waals surface area contributed by atoms with Gasteiger partial charge in [-0.1, -0.05) is 56.3 Å². The van der Waals surface area contributed by atoms with Gasteiger partial charge in [0.25, 0.3) is 0 Å². The van der Waals surface area contributed by atoms with Crippen molar-refractivity contribution in [1.29, 1.82) is 0 Å². The maximum Gasteiger partial charge on any atom is 0.127 e. The van der Waals surface area contributed by atoms with E-state index in [4.69, 9.17) is 14.2 Å². The van der Waals surface area contributed by atoms with Crippen LogP contribution < -0.4 is 9.47 Å². The van der Waals surface area contributed by atoms with Crippen molar-refractivity contribution in [1.82, 2.24) is 0 Å². The number of hydrogen-bond acceptors (Lipinski definition) is 3. The van der Waals surface area contributed by atoms with Crippen molar-refractivity contribution in [3.05, 3.63) is 90.0 Å². The maximum atomic E-state index is 5.97. The van der Waals surface area contributed by atoms with Gasteiger partial charge in [0, 0.05) is 6.61 Å². The molecule has 0 fully saturated rings. The van der Waals surface area contributed by atoms with E-state index in [1.54, 1.807) is 0 Å². The molecular weight excluding hydrogens is 384 g/mol. The summed E-state index contributed by atoms with van der Waals surface area (Å²) in [5.41, 5.74) is 2.76. The molecule has 0 atom stereocenters. The molecule has 0 bridgehead atoms. The number of aryl methyl sites for hydroxylation is 1. The Balaban J connectivity index is 1.49. The van der Waals surface area contributed by atoms with Crippen LogP contribution in [0.1, 0.15) is 44.7 Å². The van der Waals surface area contributed by atoms with Gasteiger partial charge < -0.3 is 14.2 Å². The lowest BCUT2D eigenvalue weighted by atomic mass is 9.80. The van der Waals surface area contributed by atoms with Gasteiger partial charge in [0.1, 0.15) is 23.9 Å². The molecule has 164 valence electrons. The van der Waals surface area contributed by atoms with E-state index in [9.17, 15) is 0 Å². The van der Waals surface area contributed by atoms with Crippen LogP contribution in [-0.4, -0.2) is 19.8 Å². The molecule has 3 nitrogen and oxygen atoms in total. The third-order valence-corrected chi connectivity index (χ3v) is 5.48. The normalized spacial score (nSPS) is 11.3. The van der Waals surface area contributed by atoms with E-state index in [1.807, 2.05) is 43.3 Å². The molecule has 31 heavy (non-hydrogen) atoms. The summed E-state index contributed by atoms with van der Waals surface area (Å²) < 4.78 is 17.0. The van der Waals surface area contributed by atoms with Crippen LogP contribution in [0, 0.1) is 0 Å². The molecule has 3 rings (SSSR count). The Morgan fingerprint density at radius 2 is 1.48 bits per heavy atom. The second kappa shape index (κ2) is 11.6. The summed E-state index contributed by atoms with van der Waals surface area (Å²) in [5.74, 6) is 2.66. The Hall–Kier alpha value is -2.78. The number of benzene rings is 3. The second-order valence-corrected chi connectivity index (χ2v) is 8.37. The molecule has 0 aromatic heterocycles.